The van der Waals surface area contributed by atoms with Crippen LogP contribution in [0.2, 0.25) is 0 Å². The molecule has 2 amide bonds. The van der Waals surface area contributed by atoms with Gasteiger partial charge in [0.05, 0.1) is 0 Å². The zero-order chi connectivity index (χ0) is 13.7. The number of carbonyl (C=O) groups excluding carboxylic acids is 1. The Labute approximate surface area is 112 Å². The molecule has 0 unspecified atom stereocenters. The van der Waals surface area contributed by atoms with Gasteiger partial charge in [0, 0.05) is 17.9 Å². The number of hydrogen-bond acceptors (Lipinski definition) is 2. The van der Waals surface area contributed by atoms with Crippen LogP contribution in [0.25, 0.3) is 0 Å². The third kappa shape index (κ3) is 3.48. The third-order valence-corrected chi connectivity index (χ3v) is 2.89. The van der Waals surface area contributed by atoms with E-state index in [1.54, 1.807) is 0 Å². The van der Waals surface area contributed by atoms with Crippen molar-refractivity contribution < 1.29 is 4.79 Å². The fourth-order valence-corrected chi connectivity index (χ4v) is 1.75. The van der Waals surface area contributed by atoms with E-state index in [9.17, 15) is 4.79 Å². The first-order chi connectivity index (χ1) is 9.16. The SMILES string of the molecule is Cc1ccccc1NC(=O)NCc1ccccc1N. The Kier molecular flexibility index (Phi) is 4.03. The number of nitrogens with one attached hydrogen (secondary N) is 2. The molecule has 0 fully saturated rings. The van der Waals surface area contributed by atoms with Gasteiger partial charge in [0.15, 0.2) is 0 Å². The maximum atomic E-state index is 11.8. The Balaban J connectivity index is 1.92. The van der Waals surface area contributed by atoms with Gasteiger partial charge in [0.25, 0.3) is 0 Å². The minimum atomic E-state index is -0.238. The Bertz CT molecular complexity index is 581. The van der Waals surface area contributed by atoms with E-state index in [1.807, 2.05) is 55.5 Å². The number of nitrogen functional groups attached to an aromatic ring is 1. The van der Waals surface area contributed by atoms with Crippen LogP contribution in [0.3, 0.4) is 0 Å². The molecule has 19 heavy (non-hydrogen) atoms. The lowest BCUT2D eigenvalue weighted by atomic mass is 10.2. The summed E-state index contributed by atoms with van der Waals surface area (Å²) in [6.07, 6.45) is 0. The molecule has 2 aromatic rings. The predicted octanol–water partition coefficient (Wildman–Crippen LogP) is 2.90. The zero-order valence-electron chi connectivity index (χ0n) is 10.8. The molecule has 2 aromatic carbocycles. The van der Waals surface area contributed by atoms with E-state index in [-0.39, 0.29) is 6.03 Å². The molecule has 0 aliphatic carbocycles. The van der Waals surface area contributed by atoms with Crippen LogP contribution < -0.4 is 16.4 Å². The van der Waals surface area contributed by atoms with Crippen LogP contribution in [0.5, 0.6) is 0 Å². The van der Waals surface area contributed by atoms with E-state index in [4.69, 9.17) is 5.73 Å². The molecule has 0 atom stereocenters. The van der Waals surface area contributed by atoms with E-state index >= 15 is 0 Å². The average Bonchev–Trinajstić information content (AvgIpc) is 2.40. The monoisotopic (exact) mass is 255 g/mol. The molecule has 4 heteroatoms. The van der Waals surface area contributed by atoms with Crippen LogP contribution in [0.1, 0.15) is 11.1 Å². The average molecular weight is 255 g/mol. The summed E-state index contributed by atoms with van der Waals surface area (Å²) in [6.45, 7) is 2.36. The summed E-state index contributed by atoms with van der Waals surface area (Å²) < 4.78 is 0. The minimum absolute atomic E-state index is 0.238. The Morgan fingerprint density at radius 3 is 2.53 bits per heavy atom. The van der Waals surface area contributed by atoms with Crippen molar-refractivity contribution in [3.8, 4) is 0 Å². The van der Waals surface area contributed by atoms with Crippen molar-refractivity contribution in [2.24, 2.45) is 0 Å². The predicted molar refractivity (Wildman–Crippen MR) is 77.9 cm³/mol. The number of benzene rings is 2. The lowest BCUT2D eigenvalue weighted by Gasteiger charge is -2.10. The second-order valence-corrected chi connectivity index (χ2v) is 4.32. The molecule has 0 aromatic heterocycles. The minimum Gasteiger partial charge on any atom is -0.398 e. The maximum absolute atomic E-state index is 11.8. The summed E-state index contributed by atoms with van der Waals surface area (Å²) in [5, 5.41) is 5.59. The van der Waals surface area contributed by atoms with E-state index in [0.29, 0.717) is 12.2 Å². The molecule has 2 rings (SSSR count). The normalized spacial score (nSPS) is 9.95. The highest BCUT2D eigenvalue weighted by Crippen LogP contribution is 2.13. The number of para-hydroxylation sites is 2. The number of rotatable bonds is 3. The zero-order valence-corrected chi connectivity index (χ0v) is 10.8. The number of anilines is 2. The van der Waals surface area contributed by atoms with Crippen LogP contribution >= 0.6 is 0 Å². The summed E-state index contributed by atoms with van der Waals surface area (Å²) in [6, 6.07) is 14.9. The first kappa shape index (κ1) is 13.0. The van der Waals surface area contributed by atoms with Crippen molar-refractivity contribution in [1.82, 2.24) is 5.32 Å². The molecule has 0 aliphatic rings. The maximum Gasteiger partial charge on any atom is 0.319 e. The lowest BCUT2D eigenvalue weighted by molar-refractivity contribution is 0.251. The standard InChI is InChI=1S/C15H17N3O/c1-11-6-2-5-9-14(11)18-15(19)17-10-12-7-3-4-8-13(12)16/h2-9H,10,16H2,1H3,(H2,17,18,19). The number of aryl methyl sites for hydroxylation is 1. The number of urea groups is 1. The molecule has 4 N–H and O–H groups in total. The van der Waals surface area contributed by atoms with Gasteiger partial charge in [-0.15, -0.1) is 0 Å². The summed E-state index contributed by atoms with van der Waals surface area (Å²) >= 11 is 0. The van der Waals surface area contributed by atoms with Crippen LogP contribution in [-0.2, 0) is 6.54 Å². The highest BCUT2D eigenvalue weighted by atomic mass is 16.2. The molecule has 0 saturated heterocycles. The molecule has 98 valence electrons. The molecule has 0 heterocycles. The first-order valence-corrected chi connectivity index (χ1v) is 6.10. The number of carbonyl (C=O) groups is 1. The fraction of sp³-hybridized carbons (Fsp3) is 0.133. The number of nitrogens with two attached hydrogens (primary N) is 1. The summed E-state index contributed by atoms with van der Waals surface area (Å²) in [7, 11) is 0. The molecule has 0 saturated carbocycles. The van der Waals surface area contributed by atoms with Crippen LogP contribution in [0.4, 0.5) is 16.2 Å². The highest BCUT2D eigenvalue weighted by molar-refractivity contribution is 5.90. The topological polar surface area (TPSA) is 67.2 Å². The van der Waals surface area contributed by atoms with Gasteiger partial charge in [-0.25, -0.2) is 4.79 Å². The molecule has 0 aliphatic heterocycles. The van der Waals surface area contributed by atoms with Gasteiger partial charge >= 0.3 is 6.03 Å². The fourth-order valence-electron chi connectivity index (χ4n) is 1.75. The van der Waals surface area contributed by atoms with Crippen molar-refractivity contribution in [3.63, 3.8) is 0 Å². The van der Waals surface area contributed by atoms with Gasteiger partial charge in [-0.1, -0.05) is 36.4 Å². The Morgan fingerprint density at radius 2 is 1.79 bits per heavy atom. The highest BCUT2D eigenvalue weighted by Gasteiger charge is 2.04. The number of hydrogen-bond donors (Lipinski definition) is 3. The van der Waals surface area contributed by atoms with Gasteiger partial charge in [-0.3, -0.25) is 0 Å². The third-order valence-electron chi connectivity index (χ3n) is 2.89. The van der Waals surface area contributed by atoms with Gasteiger partial charge in [0.2, 0.25) is 0 Å². The molecule has 0 spiro atoms. The van der Waals surface area contributed by atoms with Gasteiger partial charge < -0.3 is 16.4 Å². The molecule has 0 bridgehead atoms. The van der Waals surface area contributed by atoms with Gasteiger partial charge in [0.1, 0.15) is 0 Å². The van der Waals surface area contributed by atoms with Crippen molar-refractivity contribution in [3.05, 3.63) is 59.7 Å². The van der Waals surface area contributed by atoms with Gasteiger partial charge in [-0.05, 0) is 30.2 Å². The Morgan fingerprint density at radius 1 is 1.11 bits per heavy atom. The van der Waals surface area contributed by atoms with E-state index in [2.05, 4.69) is 10.6 Å². The van der Waals surface area contributed by atoms with Crippen LogP contribution in [0.15, 0.2) is 48.5 Å². The molecular formula is C15H17N3O. The summed E-state index contributed by atoms with van der Waals surface area (Å²) in [5.74, 6) is 0. The lowest BCUT2D eigenvalue weighted by Crippen LogP contribution is -2.28. The summed E-state index contributed by atoms with van der Waals surface area (Å²) in [4.78, 5) is 11.8. The van der Waals surface area contributed by atoms with Crippen LogP contribution in [-0.4, -0.2) is 6.03 Å². The van der Waals surface area contributed by atoms with Crippen molar-refractivity contribution in [1.29, 1.82) is 0 Å². The van der Waals surface area contributed by atoms with E-state index in [1.165, 1.54) is 0 Å². The quantitative estimate of drug-likeness (QED) is 0.738. The number of amides is 2. The second-order valence-electron chi connectivity index (χ2n) is 4.32. The van der Waals surface area contributed by atoms with Crippen molar-refractivity contribution in [2.75, 3.05) is 11.1 Å². The van der Waals surface area contributed by atoms with E-state index in [0.717, 1.165) is 16.8 Å². The van der Waals surface area contributed by atoms with E-state index < -0.39 is 0 Å². The van der Waals surface area contributed by atoms with Gasteiger partial charge in [-0.2, -0.15) is 0 Å². The van der Waals surface area contributed by atoms with Crippen molar-refractivity contribution >= 4 is 17.4 Å². The van der Waals surface area contributed by atoms with Crippen molar-refractivity contribution in [2.45, 2.75) is 13.5 Å². The molecule has 4 nitrogen and oxygen atoms in total. The smallest absolute Gasteiger partial charge is 0.319 e. The summed E-state index contributed by atoms with van der Waals surface area (Å²) in [5.41, 5.74) is 9.23. The molecule has 0 radical (unpaired) electrons. The van der Waals surface area contributed by atoms with Crippen LogP contribution in [0, 0.1) is 6.92 Å². The largest absolute Gasteiger partial charge is 0.398 e. The second kappa shape index (κ2) is 5.91. The molecular weight excluding hydrogens is 238 g/mol. The first-order valence-electron chi connectivity index (χ1n) is 6.10. The Hall–Kier alpha value is -2.49.